The molecule has 0 aliphatic carbocycles. The van der Waals surface area contributed by atoms with Gasteiger partial charge in [0, 0.05) is 16.3 Å². The van der Waals surface area contributed by atoms with Gasteiger partial charge in [0.25, 0.3) is 0 Å². The van der Waals surface area contributed by atoms with E-state index in [4.69, 9.17) is 2.82 Å². The normalized spacial score (nSPS) is 14.6. The standard InChI is InChI=1S/C16H17N3S/c1-3-19-13-6-5-12(10-18-17)9-16(13)20-15-7-4-11(2)8-14(15)19/h4-10H,3,17H2,1-2H3/b18-10+/i/hD2. The lowest BCUT2D eigenvalue weighted by atomic mass is 10.1. The zero-order valence-electron chi connectivity index (χ0n) is 13.5. The molecule has 3 nitrogen and oxygen atoms in total. The Labute approximate surface area is 126 Å². The Morgan fingerprint density at radius 2 is 2.15 bits per heavy atom. The molecule has 0 amide bonds. The number of benzene rings is 2. The fourth-order valence-corrected chi connectivity index (χ4v) is 3.62. The maximum Gasteiger partial charge on any atom is 0.179 e. The predicted octanol–water partition coefficient (Wildman–Crippen LogP) is 3.91. The average Bonchev–Trinajstić information content (AvgIpc) is 2.50. The van der Waals surface area contributed by atoms with E-state index in [1.165, 1.54) is 32.9 Å². The fraction of sp³-hybridized carbons (Fsp3) is 0.188. The summed E-state index contributed by atoms with van der Waals surface area (Å²) in [4.78, 5) is 4.73. The van der Waals surface area contributed by atoms with Gasteiger partial charge in [-0.15, -0.1) is 0 Å². The lowest BCUT2D eigenvalue weighted by Gasteiger charge is -2.32. The highest BCUT2D eigenvalue weighted by atomic mass is 32.2. The summed E-state index contributed by atoms with van der Waals surface area (Å²) >= 11 is 1.75. The molecule has 0 saturated heterocycles. The van der Waals surface area contributed by atoms with Crippen molar-refractivity contribution in [2.24, 2.45) is 10.9 Å². The molecule has 0 aromatic heterocycles. The van der Waals surface area contributed by atoms with Crippen molar-refractivity contribution in [2.75, 3.05) is 11.4 Å². The van der Waals surface area contributed by atoms with Gasteiger partial charge in [-0.05, 0) is 49.2 Å². The first-order chi connectivity index (χ1) is 10.6. The first-order valence-electron chi connectivity index (χ1n) is 7.50. The van der Waals surface area contributed by atoms with E-state index in [-0.39, 0.29) is 0 Å². The second-order valence-corrected chi connectivity index (χ2v) is 5.87. The summed E-state index contributed by atoms with van der Waals surface area (Å²) in [5, 5.41) is 3.66. The van der Waals surface area contributed by atoms with Crippen molar-refractivity contribution in [2.45, 2.75) is 23.6 Å². The van der Waals surface area contributed by atoms with Gasteiger partial charge in [0.15, 0.2) is 2.82 Å². The number of anilines is 2. The van der Waals surface area contributed by atoms with Crippen LogP contribution in [0.1, 0.15) is 18.1 Å². The van der Waals surface area contributed by atoms with Crippen LogP contribution in [0.25, 0.3) is 0 Å². The third-order valence-electron chi connectivity index (χ3n) is 3.42. The minimum atomic E-state index is 0.309. The summed E-state index contributed by atoms with van der Waals surface area (Å²) in [5.74, 6) is 0.309. The molecule has 3 rings (SSSR count). The van der Waals surface area contributed by atoms with E-state index in [1.807, 2.05) is 6.07 Å². The number of aryl methyl sites for hydroxylation is 1. The molecule has 102 valence electrons. The molecular weight excluding hydrogens is 266 g/mol. The highest BCUT2D eigenvalue weighted by Gasteiger charge is 2.22. The van der Waals surface area contributed by atoms with Crippen LogP contribution in [0.3, 0.4) is 0 Å². The average molecular weight is 285 g/mol. The third-order valence-corrected chi connectivity index (χ3v) is 4.53. The lowest BCUT2D eigenvalue weighted by Crippen LogP contribution is -2.20. The van der Waals surface area contributed by atoms with Crippen molar-refractivity contribution in [1.29, 1.82) is 0 Å². The molecule has 20 heavy (non-hydrogen) atoms. The van der Waals surface area contributed by atoms with E-state index in [1.54, 1.807) is 11.8 Å². The van der Waals surface area contributed by atoms with Crippen molar-refractivity contribution in [3.05, 3.63) is 47.5 Å². The minimum absolute atomic E-state index is 0.309. The number of hydrazone groups is 1. The Bertz CT molecular complexity index is 731. The summed E-state index contributed by atoms with van der Waals surface area (Å²) < 4.78 is 14.0. The van der Waals surface area contributed by atoms with Gasteiger partial charge >= 0.3 is 0 Å². The Balaban J connectivity index is 2.02. The molecule has 0 atom stereocenters. The fourth-order valence-electron chi connectivity index (χ4n) is 2.50. The Hall–Kier alpha value is -1.94. The Morgan fingerprint density at radius 1 is 1.25 bits per heavy atom. The van der Waals surface area contributed by atoms with E-state index < -0.39 is 0 Å². The first-order valence-corrected chi connectivity index (χ1v) is 7.42. The smallest absolute Gasteiger partial charge is 0.179 e. The van der Waals surface area contributed by atoms with Crippen LogP contribution in [0.4, 0.5) is 11.4 Å². The SMILES string of the molecule is [2H]N([2H])/N=C/c1ccc2c(c1)Sc1ccc(C)cc1N2CC. The van der Waals surface area contributed by atoms with Crippen LogP contribution < -0.4 is 10.7 Å². The van der Waals surface area contributed by atoms with Crippen molar-refractivity contribution in [1.82, 2.24) is 0 Å². The van der Waals surface area contributed by atoms with E-state index in [0.717, 1.165) is 12.1 Å². The van der Waals surface area contributed by atoms with Gasteiger partial charge in [0.05, 0.1) is 17.6 Å². The molecular formula is C16H17N3S. The number of fused-ring (bicyclic) bond motifs is 2. The summed E-state index contributed by atoms with van der Waals surface area (Å²) in [5.41, 5.74) is 4.60. The van der Waals surface area contributed by atoms with Crippen LogP contribution in [-0.4, -0.2) is 12.8 Å². The summed E-state index contributed by atoms with van der Waals surface area (Å²) in [6.07, 6.45) is 1.53. The van der Waals surface area contributed by atoms with Crippen LogP contribution in [0.2, 0.25) is 2.82 Å². The summed E-state index contributed by atoms with van der Waals surface area (Å²) in [7, 11) is 0. The number of nitrogens with zero attached hydrogens (tertiary/aromatic N) is 2. The quantitative estimate of drug-likeness (QED) is 0.528. The highest BCUT2D eigenvalue weighted by molar-refractivity contribution is 7.99. The largest absolute Gasteiger partial charge is 0.340 e. The summed E-state index contributed by atoms with van der Waals surface area (Å²) in [6.45, 7) is 5.17. The maximum atomic E-state index is 6.98. The minimum Gasteiger partial charge on any atom is -0.340 e. The highest BCUT2D eigenvalue weighted by Crippen LogP contribution is 2.48. The molecule has 2 aromatic rings. The van der Waals surface area contributed by atoms with Crippen LogP contribution in [-0.2, 0) is 0 Å². The van der Waals surface area contributed by atoms with Crippen LogP contribution >= 0.6 is 11.8 Å². The predicted molar refractivity (Wildman–Crippen MR) is 86.2 cm³/mol. The molecule has 1 aliphatic rings. The number of hydrogen-bond donors (Lipinski definition) is 1. The molecule has 2 N–H and O–H groups in total. The van der Waals surface area contributed by atoms with E-state index in [2.05, 4.69) is 54.2 Å². The maximum absolute atomic E-state index is 6.98. The van der Waals surface area contributed by atoms with Crippen molar-refractivity contribution in [3.63, 3.8) is 0 Å². The van der Waals surface area contributed by atoms with E-state index in [0.29, 0.717) is 5.83 Å². The molecule has 0 fully saturated rings. The van der Waals surface area contributed by atoms with Gasteiger partial charge in [0.2, 0.25) is 0 Å². The molecule has 1 aliphatic heterocycles. The molecule has 0 radical (unpaired) electrons. The number of hydrogen-bond acceptors (Lipinski definition) is 4. The number of rotatable bonds is 3. The van der Waals surface area contributed by atoms with E-state index >= 15 is 0 Å². The van der Waals surface area contributed by atoms with E-state index in [9.17, 15) is 0 Å². The molecule has 0 saturated carbocycles. The van der Waals surface area contributed by atoms with Crippen LogP contribution in [0.5, 0.6) is 0 Å². The van der Waals surface area contributed by atoms with Crippen molar-refractivity contribution in [3.8, 4) is 0 Å². The molecule has 1 heterocycles. The first kappa shape index (κ1) is 10.8. The van der Waals surface area contributed by atoms with Gasteiger partial charge < -0.3 is 10.7 Å². The lowest BCUT2D eigenvalue weighted by molar-refractivity contribution is 0.977. The van der Waals surface area contributed by atoms with Gasteiger partial charge in [-0.2, -0.15) is 5.10 Å². The second kappa shape index (κ2) is 5.21. The third kappa shape index (κ3) is 2.16. The molecule has 0 bridgehead atoms. The van der Waals surface area contributed by atoms with Crippen LogP contribution in [0.15, 0.2) is 51.3 Å². The van der Waals surface area contributed by atoms with Crippen molar-refractivity contribution >= 4 is 29.4 Å². The van der Waals surface area contributed by atoms with Crippen LogP contribution in [0, 0.1) is 6.92 Å². The van der Waals surface area contributed by atoms with Gasteiger partial charge in [0.1, 0.15) is 0 Å². The molecule has 0 spiro atoms. The summed E-state index contributed by atoms with van der Waals surface area (Å²) in [6, 6.07) is 12.6. The number of nitrogens with two attached hydrogens (primary N) is 1. The molecule has 2 aromatic carbocycles. The molecule has 0 unspecified atom stereocenters. The Kier molecular flexibility index (Phi) is 2.81. The zero-order valence-corrected chi connectivity index (χ0v) is 12.3. The zero-order chi connectivity index (χ0) is 15.7. The second-order valence-electron chi connectivity index (χ2n) is 4.79. The Morgan fingerprint density at radius 3 is 2.95 bits per heavy atom. The van der Waals surface area contributed by atoms with Gasteiger partial charge in [-0.3, -0.25) is 0 Å². The van der Waals surface area contributed by atoms with Crippen molar-refractivity contribution < 1.29 is 2.82 Å². The monoisotopic (exact) mass is 285 g/mol. The van der Waals surface area contributed by atoms with Gasteiger partial charge in [-0.25, -0.2) is 0 Å². The molecule has 4 heteroatoms. The topological polar surface area (TPSA) is 41.6 Å². The van der Waals surface area contributed by atoms with Gasteiger partial charge in [-0.1, -0.05) is 23.9 Å².